The van der Waals surface area contributed by atoms with Gasteiger partial charge < -0.3 is 5.32 Å². The minimum absolute atomic E-state index is 0. The predicted molar refractivity (Wildman–Crippen MR) is 71.6 cm³/mol. The van der Waals surface area contributed by atoms with Gasteiger partial charge in [-0.05, 0) is 30.2 Å². The summed E-state index contributed by atoms with van der Waals surface area (Å²) >= 11 is 0. The minimum atomic E-state index is -4.41. The van der Waals surface area contributed by atoms with Crippen molar-refractivity contribution in [3.05, 3.63) is 35.1 Å². The summed E-state index contributed by atoms with van der Waals surface area (Å²) in [5.74, 6) is -0.634. The van der Waals surface area contributed by atoms with Crippen molar-refractivity contribution in [2.75, 3.05) is 26.2 Å². The van der Waals surface area contributed by atoms with E-state index >= 15 is 0 Å². The SMILES string of the molecule is Cc1ccc(F)cc1[C@H](N1CCNCC1)C(F)(F)F.Cl. The van der Waals surface area contributed by atoms with Crippen molar-refractivity contribution in [1.29, 1.82) is 0 Å². The van der Waals surface area contributed by atoms with E-state index in [9.17, 15) is 17.6 Å². The van der Waals surface area contributed by atoms with Gasteiger partial charge in [0.1, 0.15) is 11.9 Å². The number of nitrogens with one attached hydrogen (secondary N) is 1. The summed E-state index contributed by atoms with van der Waals surface area (Å²) < 4.78 is 53.2. The Bertz CT molecular complexity index is 444. The van der Waals surface area contributed by atoms with Crippen LogP contribution >= 0.6 is 12.4 Å². The summed E-state index contributed by atoms with van der Waals surface area (Å²) in [6.07, 6.45) is -4.41. The fourth-order valence-electron chi connectivity index (χ4n) is 2.43. The van der Waals surface area contributed by atoms with Crippen molar-refractivity contribution in [3.63, 3.8) is 0 Å². The summed E-state index contributed by atoms with van der Waals surface area (Å²) in [6, 6.07) is 1.84. The van der Waals surface area contributed by atoms with E-state index in [2.05, 4.69) is 5.32 Å². The molecule has 1 aromatic rings. The number of hydrogen-bond acceptors (Lipinski definition) is 2. The summed E-state index contributed by atoms with van der Waals surface area (Å²) in [7, 11) is 0. The van der Waals surface area contributed by atoms with Crippen LogP contribution in [0.15, 0.2) is 18.2 Å². The first-order valence-corrected chi connectivity index (χ1v) is 6.17. The molecule has 1 aliphatic heterocycles. The average Bonchev–Trinajstić information content (AvgIpc) is 2.33. The molecule has 114 valence electrons. The van der Waals surface area contributed by atoms with Crippen LogP contribution in [0.3, 0.4) is 0 Å². The molecule has 0 aromatic heterocycles. The molecule has 2 rings (SSSR count). The molecule has 7 heteroatoms. The molecule has 1 atom stereocenters. The molecular weight excluding hydrogens is 296 g/mol. The molecule has 0 radical (unpaired) electrons. The largest absolute Gasteiger partial charge is 0.408 e. The normalized spacial score (nSPS) is 18.4. The smallest absolute Gasteiger partial charge is 0.314 e. The second-order valence-corrected chi connectivity index (χ2v) is 4.73. The molecule has 0 saturated carbocycles. The highest BCUT2D eigenvalue weighted by atomic mass is 35.5. The Morgan fingerprint density at radius 2 is 1.80 bits per heavy atom. The Hall–Kier alpha value is -0.850. The molecular formula is C13H17ClF4N2. The van der Waals surface area contributed by atoms with E-state index in [4.69, 9.17) is 0 Å². The molecule has 1 N–H and O–H groups in total. The van der Waals surface area contributed by atoms with Crippen LogP contribution in [0.2, 0.25) is 0 Å². The lowest BCUT2D eigenvalue weighted by Gasteiger charge is -2.36. The van der Waals surface area contributed by atoms with E-state index in [0.29, 0.717) is 31.7 Å². The number of benzene rings is 1. The van der Waals surface area contributed by atoms with Crippen molar-refractivity contribution in [3.8, 4) is 0 Å². The van der Waals surface area contributed by atoms with Gasteiger partial charge in [0.25, 0.3) is 0 Å². The zero-order valence-electron chi connectivity index (χ0n) is 11.0. The first-order chi connectivity index (χ1) is 8.89. The molecule has 1 aromatic carbocycles. The monoisotopic (exact) mass is 312 g/mol. The van der Waals surface area contributed by atoms with Gasteiger partial charge in [0.2, 0.25) is 0 Å². The van der Waals surface area contributed by atoms with E-state index in [1.165, 1.54) is 17.0 Å². The highest BCUT2D eigenvalue weighted by molar-refractivity contribution is 5.85. The van der Waals surface area contributed by atoms with Crippen LogP contribution in [0.1, 0.15) is 17.2 Å². The van der Waals surface area contributed by atoms with E-state index in [1.807, 2.05) is 0 Å². The molecule has 0 bridgehead atoms. The fraction of sp³-hybridized carbons (Fsp3) is 0.538. The Morgan fingerprint density at radius 1 is 1.20 bits per heavy atom. The van der Waals surface area contributed by atoms with E-state index in [1.54, 1.807) is 6.92 Å². The maximum atomic E-state index is 13.3. The Kier molecular flexibility index (Phi) is 5.79. The van der Waals surface area contributed by atoms with Crippen molar-refractivity contribution in [2.24, 2.45) is 0 Å². The zero-order chi connectivity index (χ0) is 14.0. The predicted octanol–water partition coefficient (Wildman–Crippen LogP) is 3.06. The van der Waals surface area contributed by atoms with Crippen LogP contribution < -0.4 is 5.32 Å². The third-order valence-electron chi connectivity index (χ3n) is 3.36. The maximum Gasteiger partial charge on any atom is 0.408 e. The quantitative estimate of drug-likeness (QED) is 0.844. The number of nitrogens with zero attached hydrogens (tertiary/aromatic N) is 1. The summed E-state index contributed by atoms with van der Waals surface area (Å²) in [6.45, 7) is 3.22. The third-order valence-corrected chi connectivity index (χ3v) is 3.36. The standard InChI is InChI=1S/C13H16F4N2.ClH/c1-9-2-3-10(14)8-11(9)12(13(15,16)17)19-6-4-18-5-7-19;/h2-3,8,12,18H,4-7H2,1H3;1H/t12-;/m0./s1. The minimum Gasteiger partial charge on any atom is -0.314 e. The van der Waals surface area contributed by atoms with Gasteiger partial charge in [-0.1, -0.05) is 6.07 Å². The number of aryl methyl sites for hydroxylation is 1. The van der Waals surface area contributed by atoms with Gasteiger partial charge in [0, 0.05) is 26.2 Å². The molecule has 1 saturated heterocycles. The van der Waals surface area contributed by atoms with Crippen LogP contribution in [0.5, 0.6) is 0 Å². The van der Waals surface area contributed by atoms with Crippen molar-refractivity contribution >= 4 is 12.4 Å². The zero-order valence-corrected chi connectivity index (χ0v) is 11.8. The number of halogens is 5. The van der Waals surface area contributed by atoms with Crippen LogP contribution in [-0.4, -0.2) is 37.3 Å². The summed E-state index contributed by atoms with van der Waals surface area (Å²) in [5, 5.41) is 3.02. The molecule has 20 heavy (non-hydrogen) atoms. The van der Waals surface area contributed by atoms with Gasteiger partial charge >= 0.3 is 6.18 Å². The van der Waals surface area contributed by atoms with Crippen LogP contribution in [0.25, 0.3) is 0 Å². The highest BCUT2D eigenvalue weighted by Crippen LogP contribution is 2.39. The Labute approximate surface area is 121 Å². The number of piperazine rings is 1. The van der Waals surface area contributed by atoms with E-state index in [0.717, 1.165) is 6.07 Å². The van der Waals surface area contributed by atoms with Gasteiger partial charge in [-0.25, -0.2) is 4.39 Å². The van der Waals surface area contributed by atoms with Gasteiger partial charge in [0.15, 0.2) is 0 Å². The lowest BCUT2D eigenvalue weighted by molar-refractivity contribution is -0.188. The van der Waals surface area contributed by atoms with Gasteiger partial charge in [-0.2, -0.15) is 13.2 Å². The van der Waals surface area contributed by atoms with Crippen molar-refractivity contribution in [2.45, 2.75) is 19.1 Å². The third kappa shape index (κ3) is 3.84. The lowest BCUT2D eigenvalue weighted by Crippen LogP contribution is -2.49. The number of rotatable bonds is 2. The van der Waals surface area contributed by atoms with Crippen molar-refractivity contribution in [1.82, 2.24) is 10.2 Å². The van der Waals surface area contributed by atoms with Crippen LogP contribution in [-0.2, 0) is 0 Å². The second kappa shape index (κ2) is 6.74. The Morgan fingerprint density at radius 3 is 2.35 bits per heavy atom. The van der Waals surface area contributed by atoms with Gasteiger partial charge in [-0.15, -0.1) is 12.4 Å². The molecule has 0 unspecified atom stereocenters. The number of alkyl halides is 3. The topological polar surface area (TPSA) is 15.3 Å². The maximum absolute atomic E-state index is 13.3. The summed E-state index contributed by atoms with van der Waals surface area (Å²) in [5.41, 5.74) is 0.469. The molecule has 0 aliphatic carbocycles. The fourth-order valence-corrected chi connectivity index (χ4v) is 2.43. The first-order valence-electron chi connectivity index (χ1n) is 6.17. The van der Waals surface area contributed by atoms with E-state index in [-0.39, 0.29) is 18.0 Å². The summed E-state index contributed by atoms with van der Waals surface area (Å²) in [4.78, 5) is 1.36. The second-order valence-electron chi connectivity index (χ2n) is 4.73. The average molecular weight is 313 g/mol. The molecule has 1 fully saturated rings. The number of hydrogen-bond donors (Lipinski definition) is 1. The van der Waals surface area contributed by atoms with Gasteiger partial charge in [-0.3, -0.25) is 4.90 Å². The van der Waals surface area contributed by atoms with Crippen LogP contribution in [0, 0.1) is 12.7 Å². The molecule has 1 aliphatic rings. The Balaban J connectivity index is 0.00000200. The lowest BCUT2D eigenvalue weighted by atomic mass is 9.98. The molecule has 2 nitrogen and oxygen atoms in total. The van der Waals surface area contributed by atoms with Gasteiger partial charge in [0.05, 0.1) is 0 Å². The molecule has 1 heterocycles. The van der Waals surface area contributed by atoms with Crippen molar-refractivity contribution < 1.29 is 17.6 Å². The first kappa shape index (κ1) is 17.2. The molecule has 0 spiro atoms. The van der Waals surface area contributed by atoms with Crippen LogP contribution in [0.4, 0.5) is 17.6 Å². The molecule has 0 amide bonds. The highest BCUT2D eigenvalue weighted by Gasteiger charge is 2.45. The van der Waals surface area contributed by atoms with E-state index < -0.39 is 18.0 Å².